The summed E-state index contributed by atoms with van der Waals surface area (Å²) in [5.74, 6) is 0. The summed E-state index contributed by atoms with van der Waals surface area (Å²) in [6.07, 6.45) is 8.67. The molecule has 2 rings (SSSR count). The molecule has 0 unspecified atom stereocenters. The fraction of sp³-hybridized carbons (Fsp3) is 0. The standard InChI is InChI=1S/2C5H4N.2ClH.Pt/c2*1-2-4-6-5-3-1;;;/h2*1-4H;2*1H;/q2*-1;;;+2/p-2. The molecule has 0 aliphatic carbocycles. The Morgan fingerprint density at radius 1 is 0.800 bits per heavy atom. The van der Waals surface area contributed by atoms with Gasteiger partial charge in [0.25, 0.3) is 0 Å². The molecule has 0 saturated carbocycles. The van der Waals surface area contributed by atoms with Crippen LogP contribution >= 0.6 is 18.8 Å². The van der Waals surface area contributed by atoms with Crippen LogP contribution in [0.1, 0.15) is 0 Å². The Labute approximate surface area is 106 Å². The maximum Gasteiger partial charge on any atom is -0.0813 e. The zero-order valence-corrected chi connectivity index (χ0v) is 11.4. The largest absolute Gasteiger partial charge is 0.394 e. The van der Waals surface area contributed by atoms with E-state index in [-0.39, 0.29) is 0 Å². The maximum absolute atomic E-state index is 4.88. The number of rotatable bonds is 0. The van der Waals surface area contributed by atoms with E-state index in [0.717, 1.165) is 0 Å². The van der Waals surface area contributed by atoms with Gasteiger partial charge in [-0.25, -0.2) is 0 Å². The third kappa shape index (κ3) is 13.6. The summed E-state index contributed by atoms with van der Waals surface area (Å²) in [7, 11) is 9.75. The van der Waals surface area contributed by atoms with Crippen LogP contribution < -0.4 is 0 Å². The molecular weight excluding hydrogens is 414 g/mol. The molecule has 0 bridgehead atoms. The first-order chi connectivity index (χ1) is 7.41. The van der Waals surface area contributed by atoms with Gasteiger partial charge in [-0.3, -0.25) is 0 Å². The van der Waals surface area contributed by atoms with E-state index in [1.165, 1.54) is 0 Å². The molecule has 0 amide bonds. The number of halogens is 2. The van der Waals surface area contributed by atoms with Gasteiger partial charge in [-0.15, -0.1) is 0 Å². The molecule has 0 N–H and O–H groups in total. The molecule has 0 spiro atoms. The number of aromatic nitrogens is 2. The molecule has 0 aliphatic heterocycles. The van der Waals surface area contributed by atoms with Crippen LogP contribution in [0.3, 0.4) is 0 Å². The van der Waals surface area contributed by atoms with E-state index in [1.807, 2.05) is 24.3 Å². The zero-order chi connectivity index (χ0) is 11.2. The number of hydrogen-bond acceptors (Lipinski definition) is 2. The molecule has 0 saturated heterocycles. The van der Waals surface area contributed by atoms with Crippen molar-refractivity contribution in [2.75, 3.05) is 0 Å². The van der Waals surface area contributed by atoms with Crippen LogP contribution in [0.4, 0.5) is 0 Å². The monoisotopic (exact) mass is 421 g/mol. The van der Waals surface area contributed by atoms with Crippen molar-refractivity contribution in [2.24, 2.45) is 0 Å². The van der Waals surface area contributed by atoms with Gasteiger partial charge in [0.15, 0.2) is 0 Å². The first-order valence-electron chi connectivity index (χ1n) is 3.78. The van der Waals surface area contributed by atoms with Crippen LogP contribution in [0.2, 0.25) is 0 Å². The quantitative estimate of drug-likeness (QED) is 0.610. The van der Waals surface area contributed by atoms with Gasteiger partial charge in [-0.1, -0.05) is 24.8 Å². The minimum atomic E-state index is -0.472. The SMILES string of the molecule is [Cl][Pt][Cl].[c-]1ccccn1.[c-]1ccccn1. The third-order valence-electron chi connectivity index (χ3n) is 1.03. The van der Waals surface area contributed by atoms with E-state index in [1.54, 1.807) is 24.5 Å². The average molecular weight is 422 g/mol. The molecule has 2 aromatic rings. The molecule has 0 aliphatic rings. The molecule has 0 fully saturated rings. The minimum absolute atomic E-state index is 0.472. The second-order valence-electron chi connectivity index (χ2n) is 1.96. The van der Waals surface area contributed by atoms with Gasteiger partial charge in [0.05, 0.1) is 0 Å². The second-order valence-corrected chi connectivity index (χ2v) is 5.25. The van der Waals surface area contributed by atoms with Gasteiger partial charge in [0.2, 0.25) is 0 Å². The fourth-order valence-corrected chi connectivity index (χ4v) is 0.555. The Kier molecular flexibility index (Phi) is 13.2. The van der Waals surface area contributed by atoms with Gasteiger partial charge in [-0.2, -0.15) is 36.4 Å². The van der Waals surface area contributed by atoms with Crippen molar-refractivity contribution >= 4 is 18.8 Å². The molecule has 0 radical (unpaired) electrons. The van der Waals surface area contributed by atoms with Gasteiger partial charge in [-0.05, 0) is 0 Å². The minimum Gasteiger partial charge on any atom is -0.394 e. The number of hydrogen-bond donors (Lipinski definition) is 0. The van der Waals surface area contributed by atoms with Crippen LogP contribution in [0.5, 0.6) is 0 Å². The summed E-state index contributed by atoms with van der Waals surface area (Å²) in [5, 5.41) is 0. The summed E-state index contributed by atoms with van der Waals surface area (Å²) in [4.78, 5) is 7.32. The van der Waals surface area contributed by atoms with Gasteiger partial charge in [0, 0.05) is 0 Å². The smallest absolute Gasteiger partial charge is 0.0813 e. The van der Waals surface area contributed by atoms with Gasteiger partial charge < -0.3 is 9.97 Å². The first kappa shape index (κ1) is 14.6. The van der Waals surface area contributed by atoms with E-state index in [2.05, 4.69) is 22.4 Å². The summed E-state index contributed by atoms with van der Waals surface area (Å²) in [6.45, 7) is 0. The molecule has 0 aromatic carbocycles. The molecule has 2 heterocycles. The van der Waals surface area contributed by atoms with E-state index >= 15 is 0 Å². The van der Waals surface area contributed by atoms with Crippen LogP contribution in [0.25, 0.3) is 0 Å². The third-order valence-corrected chi connectivity index (χ3v) is 1.03. The Morgan fingerprint density at radius 3 is 1.27 bits per heavy atom. The Bertz CT molecular complexity index is 210. The van der Waals surface area contributed by atoms with Crippen molar-refractivity contribution in [2.45, 2.75) is 0 Å². The van der Waals surface area contributed by atoms with Crippen LogP contribution in [0, 0.1) is 12.4 Å². The number of pyridine rings is 2. The summed E-state index contributed by atoms with van der Waals surface area (Å²) in [5.41, 5.74) is 0. The van der Waals surface area contributed by atoms with Crippen LogP contribution in [0.15, 0.2) is 48.8 Å². The van der Waals surface area contributed by atoms with Gasteiger partial charge in [0.1, 0.15) is 0 Å². The predicted molar refractivity (Wildman–Crippen MR) is 57.9 cm³/mol. The molecule has 2 nitrogen and oxygen atoms in total. The van der Waals surface area contributed by atoms with Crippen LogP contribution in [-0.4, -0.2) is 9.97 Å². The van der Waals surface area contributed by atoms with E-state index in [9.17, 15) is 0 Å². The van der Waals surface area contributed by atoms with Gasteiger partial charge >= 0.3 is 35.3 Å². The van der Waals surface area contributed by atoms with Crippen molar-refractivity contribution in [3.63, 3.8) is 0 Å². The molecular formula is C10H8Cl2N2Pt-2. The summed E-state index contributed by atoms with van der Waals surface area (Å²) >= 11 is -0.472. The molecule has 15 heavy (non-hydrogen) atoms. The van der Waals surface area contributed by atoms with Crippen molar-refractivity contribution in [3.8, 4) is 0 Å². The Hall–Kier alpha value is -0.432. The van der Waals surface area contributed by atoms with E-state index in [4.69, 9.17) is 18.8 Å². The molecule has 5 heteroatoms. The average Bonchev–Trinajstić information content (AvgIpc) is 2.35. The topological polar surface area (TPSA) is 25.8 Å². The maximum atomic E-state index is 4.88. The van der Waals surface area contributed by atoms with Crippen LogP contribution in [-0.2, 0) is 16.5 Å². The zero-order valence-electron chi connectivity index (χ0n) is 7.59. The first-order valence-corrected chi connectivity index (χ1v) is 9.41. The predicted octanol–water partition coefficient (Wildman–Crippen LogP) is 3.14. The van der Waals surface area contributed by atoms with Crippen molar-refractivity contribution in [1.82, 2.24) is 9.97 Å². The van der Waals surface area contributed by atoms with Crippen molar-refractivity contribution in [3.05, 3.63) is 61.2 Å². The molecule has 84 valence electrons. The summed E-state index contributed by atoms with van der Waals surface area (Å²) < 4.78 is 0. The fourth-order valence-electron chi connectivity index (χ4n) is 0.555. The Balaban J connectivity index is 0.000000210. The van der Waals surface area contributed by atoms with E-state index in [0.29, 0.717) is 0 Å². The van der Waals surface area contributed by atoms with Crippen molar-refractivity contribution in [1.29, 1.82) is 0 Å². The normalized spacial score (nSPS) is 7.87. The second kappa shape index (κ2) is 13.6. The summed E-state index contributed by atoms with van der Waals surface area (Å²) in [6, 6.07) is 11.0. The number of nitrogens with zero attached hydrogens (tertiary/aromatic N) is 2. The Morgan fingerprint density at radius 2 is 1.20 bits per heavy atom. The molecule has 2 aromatic heterocycles. The van der Waals surface area contributed by atoms with Crippen molar-refractivity contribution < 1.29 is 16.5 Å². The van der Waals surface area contributed by atoms with E-state index < -0.39 is 16.5 Å². The molecule has 0 atom stereocenters.